The lowest BCUT2D eigenvalue weighted by Gasteiger charge is -2.21. The van der Waals surface area contributed by atoms with Gasteiger partial charge in [0.2, 0.25) is 0 Å². The highest BCUT2D eigenvalue weighted by atomic mass is 16.3. The number of phenolic OH excluding ortho intramolecular Hbond substituents is 1. The maximum absolute atomic E-state index is 11.5. The van der Waals surface area contributed by atoms with Gasteiger partial charge in [-0.25, -0.2) is 4.98 Å². The van der Waals surface area contributed by atoms with Crippen molar-refractivity contribution in [3.63, 3.8) is 0 Å². The Hall–Kier alpha value is -7.04. The van der Waals surface area contributed by atoms with E-state index in [0.29, 0.717) is 61.6 Å². The number of imidazole rings is 1. The second-order valence-electron chi connectivity index (χ2n) is 16.5. The summed E-state index contributed by atoms with van der Waals surface area (Å²) >= 11 is 0. The first kappa shape index (κ1) is 28.5. The molecule has 4 heteroatoms. The van der Waals surface area contributed by atoms with Crippen LogP contribution in [0.2, 0.25) is 0 Å². The first-order valence-electron chi connectivity index (χ1n) is 27.5. The number of pyridine rings is 1. The molecule has 0 aliphatic heterocycles. The molecule has 0 radical (unpaired) electrons. The van der Waals surface area contributed by atoms with Gasteiger partial charge in [0, 0.05) is 35.1 Å². The maximum Gasteiger partial charge on any atom is 0.149 e. The minimum atomic E-state index is -3.40. The number of aryl methyl sites for hydroxylation is 1. The highest BCUT2D eigenvalue weighted by Gasteiger charge is 2.23. The van der Waals surface area contributed by atoms with Crippen molar-refractivity contribution in [2.24, 2.45) is 0 Å². The van der Waals surface area contributed by atoms with E-state index in [2.05, 4.69) is 13.8 Å². The van der Waals surface area contributed by atoms with E-state index < -0.39 is 38.7 Å². The molecule has 63 heavy (non-hydrogen) atoms. The Kier molecular flexibility index (Phi) is 7.55. The molecule has 0 aliphatic carbocycles. The SMILES string of the molecule is [2H]C([2H])([2H])c1cc(-c2c(C(C)C)cccc2C([2H])(C)C)ccc1-n1c(-c2ccccc2O)nc2c(-c3cc(-c4ccccc4)cc(-c4cc(-c5ccc(C(C([2H])([2H])[2H])(C([2H])([2H])[2H])C([2H])([2H])[2H])cc5)ccn4)c3)cccc21. The summed E-state index contributed by atoms with van der Waals surface area (Å²) in [6.07, 6.45) is 1.62. The minimum Gasteiger partial charge on any atom is -0.507 e. The van der Waals surface area contributed by atoms with E-state index in [-0.39, 0.29) is 22.8 Å². The van der Waals surface area contributed by atoms with Crippen LogP contribution in [0.25, 0.3) is 83.9 Å². The van der Waals surface area contributed by atoms with Crippen molar-refractivity contribution in [1.82, 2.24) is 14.5 Å². The van der Waals surface area contributed by atoms with Crippen LogP contribution >= 0.6 is 0 Å². The van der Waals surface area contributed by atoms with Gasteiger partial charge in [0.25, 0.3) is 0 Å². The van der Waals surface area contributed by atoms with Gasteiger partial charge in [-0.3, -0.25) is 9.55 Å². The zero-order valence-electron chi connectivity index (χ0n) is 48.5. The Morgan fingerprint density at radius 3 is 2.02 bits per heavy atom. The summed E-state index contributed by atoms with van der Waals surface area (Å²) in [5.41, 5.74) is 7.25. The Bertz CT molecular complexity index is 3590. The number of aromatic nitrogens is 3. The highest BCUT2D eigenvalue weighted by molar-refractivity contribution is 5.98. The molecule has 0 amide bonds. The van der Waals surface area contributed by atoms with Gasteiger partial charge in [-0.05, 0) is 146 Å². The van der Waals surface area contributed by atoms with Crippen LogP contribution in [0.15, 0.2) is 170 Å². The van der Waals surface area contributed by atoms with E-state index in [1.165, 1.54) is 24.3 Å². The van der Waals surface area contributed by atoms with Crippen LogP contribution in [0.5, 0.6) is 5.75 Å². The fourth-order valence-corrected chi connectivity index (χ4v) is 8.51. The number of benzene rings is 7. The summed E-state index contributed by atoms with van der Waals surface area (Å²) < 4.78 is 112. The zero-order chi connectivity index (χ0) is 54.9. The fraction of sp³-hybridized carbons (Fsp3) is 0.186. The lowest BCUT2D eigenvalue weighted by Crippen LogP contribution is -2.10. The van der Waals surface area contributed by atoms with E-state index in [0.717, 1.165) is 33.4 Å². The van der Waals surface area contributed by atoms with Crippen molar-refractivity contribution in [3.8, 4) is 78.6 Å². The molecule has 1 N–H and O–H groups in total. The van der Waals surface area contributed by atoms with E-state index in [9.17, 15) is 5.11 Å². The molecule has 4 nitrogen and oxygen atoms in total. The number of nitrogens with zero attached hydrogens (tertiary/aromatic N) is 3. The van der Waals surface area contributed by atoms with Crippen molar-refractivity contribution in [3.05, 3.63) is 192 Å². The van der Waals surface area contributed by atoms with Crippen LogP contribution in [0, 0.1) is 6.85 Å². The smallest absolute Gasteiger partial charge is 0.149 e. The molecule has 0 atom stereocenters. The van der Waals surface area contributed by atoms with E-state index in [4.69, 9.17) is 27.8 Å². The molecule has 7 aromatic carbocycles. The fourth-order valence-electron chi connectivity index (χ4n) is 8.51. The summed E-state index contributed by atoms with van der Waals surface area (Å²) in [7, 11) is 0. The molecule has 312 valence electrons. The molecule has 9 aromatic rings. The number of hydrogen-bond donors (Lipinski definition) is 1. The predicted octanol–water partition coefficient (Wildman–Crippen LogP) is 16.0. The molecular weight excluding hydrogens is 767 g/mol. The van der Waals surface area contributed by atoms with Crippen LogP contribution in [0.4, 0.5) is 0 Å². The normalized spacial score (nSPS) is 15.9. The molecule has 0 unspecified atom stereocenters. The first-order valence-corrected chi connectivity index (χ1v) is 21.0. The zero-order valence-corrected chi connectivity index (χ0v) is 35.5. The summed E-state index contributed by atoms with van der Waals surface area (Å²) in [5, 5.41) is 11.5. The second kappa shape index (κ2) is 16.7. The third kappa shape index (κ3) is 7.98. The third-order valence-electron chi connectivity index (χ3n) is 11.7. The van der Waals surface area contributed by atoms with Crippen molar-refractivity contribution in [2.45, 2.75) is 72.3 Å². The monoisotopic (exact) mass is 835 g/mol. The minimum absolute atomic E-state index is 0.0544. The van der Waals surface area contributed by atoms with E-state index >= 15 is 0 Å². The summed E-state index contributed by atoms with van der Waals surface area (Å²) in [4.78, 5) is 10.1. The van der Waals surface area contributed by atoms with Gasteiger partial charge < -0.3 is 5.11 Å². The Morgan fingerprint density at radius 2 is 1.27 bits per heavy atom. The van der Waals surface area contributed by atoms with Gasteiger partial charge in [0.1, 0.15) is 11.6 Å². The van der Waals surface area contributed by atoms with Crippen LogP contribution in [-0.4, -0.2) is 19.6 Å². The maximum atomic E-state index is 11.5. The topological polar surface area (TPSA) is 50.9 Å². The number of aromatic hydroxyl groups is 1. The summed E-state index contributed by atoms with van der Waals surface area (Å²) in [5.74, 6) is -0.667. The van der Waals surface area contributed by atoms with Gasteiger partial charge in [-0.15, -0.1) is 0 Å². The average molecular weight is 835 g/mol. The van der Waals surface area contributed by atoms with Crippen molar-refractivity contribution < 1.29 is 22.9 Å². The standard InChI is InChI=1S/C59H55N3O/c1-37(2)48-19-14-20-49(38(3)4)56(48)43-26-29-53(39(5)32-43)62-54-22-15-21-50(57(54)61-58(62)51-18-12-13-23-55(51)63)45-33-44(40-16-10-9-11-17-40)34-46(35-45)52-36-42(30-31-60-52)41-24-27-47(28-25-41)59(6,7)8/h9-38,63H,1-8H3/i5D3,6D3,7D3,8D3,37D. The molecule has 0 bridgehead atoms. The van der Waals surface area contributed by atoms with Crippen molar-refractivity contribution in [2.75, 3.05) is 0 Å². The molecule has 0 fully saturated rings. The highest BCUT2D eigenvalue weighted by Crippen LogP contribution is 2.42. The number of fused-ring (bicyclic) bond motifs is 1. The van der Waals surface area contributed by atoms with E-state index in [1.54, 1.807) is 53.2 Å². The Balaban J connectivity index is 1.24. The van der Waals surface area contributed by atoms with Gasteiger partial charge in [0.05, 0.1) is 28.0 Å². The van der Waals surface area contributed by atoms with E-state index in [1.807, 2.05) is 111 Å². The Morgan fingerprint density at radius 1 is 0.587 bits per heavy atom. The molecular formula is C59H55N3O. The van der Waals surface area contributed by atoms with Gasteiger partial charge in [-0.1, -0.05) is 151 Å². The van der Waals surface area contributed by atoms with Crippen LogP contribution in [0.3, 0.4) is 0 Å². The van der Waals surface area contributed by atoms with Crippen molar-refractivity contribution >= 4 is 11.0 Å². The van der Waals surface area contributed by atoms with Crippen LogP contribution in [-0.2, 0) is 5.41 Å². The Labute approximate surface area is 390 Å². The summed E-state index contributed by atoms with van der Waals surface area (Å²) in [6, 6.07) is 48.7. The second-order valence-corrected chi connectivity index (χ2v) is 16.5. The average Bonchev–Trinajstić information content (AvgIpc) is 3.75. The summed E-state index contributed by atoms with van der Waals surface area (Å²) in [6.45, 7) is -5.03. The molecule has 2 aromatic heterocycles. The van der Waals surface area contributed by atoms with Crippen molar-refractivity contribution in [1.29, 1.82) is 0 Å². The van der Waals surface area contributed by atoms with Gasteiger partial charge >= 0.3 is 0 Å². The number of rotatable bonds is 9. The molecule has 0 aliphatic rings. The number of phenols is 1. The largest absolute Gasteiger partial charge is 0.507 e. The first-order chi connectivity index (χ1) is 35.6. The molecule has 9 rings (SSSR count). The van der Waals surface area contributed by atoms with Gasteiger partial charge in [0.15, 0.2) is 0 Å². The van der Waals surface area contributed by atoms with Crippen LogP contribution < -0.4 is 0 Å². The van der Waals surface area contributed by atoms with Gasteiger partial charge in [-0.2, -0.15) is 0 Å². The third-order valence-corrected chi connectivity index (χ3v) is 11.7. The molecule has 0 saturated heterocycles. The number of para-hydroxylation sites is 2. The molecule has 0 spiro atoms. The predicted molar refractivity (Wildman–Crippen MR) is 265 cm³/mol. The molecule has 0 saturated carbocycles. The molecule has 2 heterocycles. The number of hydrogen-bond acceptors (Lipinski definition) is 3. The lowest BCUT2D eigenvalue weighted by atomic mass is 9.84. The van der Waals surface area contributed by atoms with Crippen LogP contribution in [0.1, 0.15) is 100 Å². The quantitative estimate of drug-likeness (QED) is 0.158. The lowest BCUT2D eigenvalue weighted by molar-refractivity contribution is 0.477.